The summed E-state index contributed by atoms with van der Waals surface area (Å²) in [5.74, 6) is 0.940. The third-order valence-corrected chi connectivity index (χ3v) is 4.54. The van der Waals surface area contributed by atoms with Crippen LogP contribution in [0.2, 0.25) is 0 Å². The van der Waals surface area contributed by atoms with E-state index < -0.39 is 0 Å². The molecule has 2 aromatic heterocycles. The first-order valence-electron chi connectivity index (χ1n) is 8.29. The van der Waals surface area contributed by atoms with Crippen molar-refractivity contribution in [2.75, 3.05) is 14.2 Å². The van der Waals surface area contributed by atoms with Crippen LogP contribution in [0.1, 0.15) is 34.6 Å². The number of aryl methyl sites for hydroxylation is 1. The number of ether oxygens (including phenoxy) is 2. The smallest absolute Gasteiger partial charge is 0.166 e. The molecular weight excluding hydrogens is 318 g/mol. The maximum Gasteiger partial charge on any atom is 0.166 e. The Morgan fingerprint density at radius 2 is 1.96 bits per heavy atom. The highest BCUT2D eigenvalue weighted by Crippen LogP contribution is 2.31. The summed E-state index contributed by atoms with van der Waals surface area (Å²) in [5.41, 5.74) is 5.04. The summed E-state index contributed by atoms with van der Waals surface area (Å²) in [4.78, 5) is 16.9. The Morgan fingerprint density at radius 3 is 2.68 bits per heavy atom. The first-order chi connectivity index (χ1) is 12.2. The predicted molar refractivity (Wildman–Crippen MR) is 93.0 cm³/mol. The van der Waals surface area contributed by atoms with Crippen molar-refractivity contribution in [2.45, 2.75) is 25.9 Å². The molecule has 0 fully saturated rings. The van der Waals surface area contributed by atoms with Gasteiger partial charge in [0.25, 0.3) is 0 Å². The monoisotopic (exact) mass is 337 g/mol. The van der Waals surface area contributed by atoms with E-state index in [-0.39, 0.29) is 5.78 Å². The zero-order valence-electron chi connectivity index (χ0n) is 14.3. The van der Waals surface area contributed by atoms with Crippen LogP contribution in [0.3, 0.4) is 0 Å². The normalized spacial score (nSPS) is 13.9. The molecule has 0 bridgehead atoms. The average Bonchev–Trinajstić information content (AvgIpc) is 2.98. The quantitative estimate of drug-likeness (QED) is 0.732. The number of ketones is 1. The van der Waals surface area contributed by atoms with Crippen molar-refractivity contribution in [1.29, 1.82) is 0 Å². The van der Waals surface area contributed by atoms with Crippen molar-refractivity contribution in [3.63, 3.8) is 0 Å². The second-order valence-electron chi connectivity index (χ2n) is 6.13. The van der Waals surface area contributed by atoms with Crippen LogP contribution >= 0.6 is 0 Å². The van der Waals surface area contributed by atoms with E-state index in [1.54, 1.807) is 18.7 Å². The Kier molecular flexibility index (Phi) is 3.97. The molecule has 0 N–H and O–H groups in total. The van der Waals surface area contributed by atoms with Crippen LogP contribution in [-0.4, -0.2) is 34.6 Å². The SMILES string of the molecule is COCc1nn2cc3c(nc2c1-c1ccc(OC)cc1)CCCC3=O. The molecular formula is C19H19N3O3. The molecule has 1 aliphatic rings. The zero-order chi connectivity index (χ0) is 17.4. The van der Waals surface area contributed by atoms with Crippen molar-refractivity contribution in [3.8, 4) is 16.9 Å². The molecule has 0 saturated carbocycles. The van der Waals surface area contributed by atoms with E-state index in [1.165, 1.54) is 0 Å². The van der Waals surface area contributed by atoms with E-state index in [1.807, 2.05) is 30.5 Å². The lowest BCUT2D eigenvalue weighted by Gasteiger charge is -2.13. The van der Waals surface area contributed by atoms with Crippen LogP contribution in [0.15, 0.2) is 30.5 Å². The molecule has 6 heteroatoms. The van der Waals surface area contributed by atoms with Gasteiger partial charge in [0.15, 0.2) is 11.4 Å². The summed E-state index contributed by atoms with van der Waals surface area (Å²) in [6, 6.07) is 7.80. The van der Waals surface area contributed by atoms with Crippen molar-refractivity contribution < 1.29 is 14.3 Å². The van der Waals surface area contributed by atoms with Gasteiger partial charge in [-0.25, -0.2) is 9.50 Å². The van der Waals surface area contributed by atoms with E-state index in [0.717, 1.165) is 46.8 Å². The zero-order valence-corrected chi connectivity index (χ0v) is 14.3. The molecule has 0 radical (unpaired) electrons. The standard InChI is InChI=1S/C19H19N3O3/c1-24-11-16-18(12-6-8-13(25-2)9-7-12)19-20-15-4-3-5-17(23)14(15)10-22(19)21-16/h6-10H,3-5,11H2,1-2H3. The Labute approximate surface area is 145 Å². The average molecular weight is 337 g/mol. The fourth-order valence-electron chi connectivity index (χ4n) is 3.32. The molecule has 0 atom stereocenters. The summed E-state index contributed by atoms with van der Waals surface area (Å²) in [6.07, 6.45) is 4.07. The van der Waals surface area contributed by atoms with Crippen molar-refractivity contribution in [1.82, 2.24) is 14.6 Å². The molecule has 0 spiro atoms. The molecule has 128 valence electrons. The number of fused-ring (bicyclic) bond motifs is 2. The van der Waals surface area contributed by atoms with E-state index in [9.17, 15) is 4.79 Å². The van der Waals surface area contributed by atoms with Gasteiger partial charge in [-0.2, -0.15) is 5.10 Å². The number of benzene rings is 1. The second-order valence-corrected chi connectivity index (χ2v) is 6.13. The van der Waals surface area contributed by atoms with Gasteiger partial charge < -0.3 is 9.47 Å². The van der Waals surface area contributed by atoms with Gasteiger partial charge in [-0.05, 0) is 30.5 Å². The first-order valence-corrected chi connectivity index (χ1v) is 8.29. The molecule has 0 saturated heterocycles. The summed E-state index contributed by atoms with van der Waals surface area (Å²) in [5, 5.41) is 4.61. The fraction of sp³-hybridized carbons (Fsp3) is 0.316. The van der Waals surface area contributed by atoms with Crippen molar-refractivity contribution in [2.24, 2.45) is 0 Å². The van der Waals surface area contributed by atoms with Crippen molar-refractivity contribution >= 4 is 11.4 Å². The number of hydrogen-bond acceptors (Lipinski definition) is 5. The maximum absolute atomic E-state index is 12.2. The Bertz CT molecular complexity index is 945. The second kappa shape index (κ2) is 6.29. The Balaban J connectivity index is 1.93. The highest BCUT2D eigenvalue weighted by atomic mass is 16.5. The van der Waals surface area contributed by atoms with Crippen LogP contribution in [0, 0.1) is 0 Å². The van der Waals surface area contributed by atoms with E-state index >= 15 is 0 Å². The third-order valence-electron chi connectivity index (χ3n) is 4.54. The third kappa shape index (κ3) is 2.68. The van der Waals surface area contributed by atoms with Crippen LogP contribution in [0.25, 0.3) is 16.8 Å². The molecule has 6 nitrogen and oxygen atoms in total. The highest BCUT2D eigenvalue weighted by molar-refractivity contribution is 5.98. The number of Topliss-reactive ketones (excluding diaryl/α,β-unsaturated/α-hetero) is 1. The van der Waals surface area contributed by atoms with Crippen LogP contribution in [0.5, 0.6) is 5.75 Å². The minimum absolute atomic E-state index is 0.144. The molecule has 4 rings (SSSR count). The molecule has 3 aromatic rings. The minimum atomic E-state index is 0.144. The lowest BCUT2D eigenvalue weighted by Crippen LogP contribution is -2.14. The van der Waals surface area contributed by atoms with Gasteiger partial charge in [0.1, 0.15) is 5.75 Å². The molecule has 1 aromatic carbocycles. The van der Waals surface area contributed by atoms with E-state index in [2.05, 4.69) is 5.10 Å². The molecule has 1 aliphatic carbocycles. The van der Waals surface area contributed by atoms with Crippen LogP contribution in [-0.2, 0) is 17.8 Å². The van der Waals surface area contributed by atoms with E-state index in [0.29, 0.717) is 18.6 Å². The van der Waals surface area contributed by atoms with Crippen LogP contribution < -0.4 is 4.74 Å². The lowest BCUT2D eigenvalue weighted by molar-refractivity contribution is 0.0971. The number of carbonyl (C=O) groups is 1. The lowest BCUT2D eigenvalue weighted by atomic mass is 9.96. The van der Waals surface area contributed by atoms with Gasteiger partial charge in [-0.1, -0.05) is 12.1 Å². The largest absolute Gasteiger partial charge is 0.497 e. The van der Waals surface area contributed by atoms with Crippen molar-refractivity contribution in [3.05, 3.63) is 47.4 Å². The topological polar surface area (TPSA) is 65.7 Å². The van der Waals surface area contributed by atoms with Gasteiger partial charge in [0.2, 0.25) is 0 Å². The van der Waals surface area contributed by atoms with E-state index in [4.69, 9.17) is 14.5 Å². The van der Waals surface area contributed by atoms with Gasteiger partial charge in [0.05, 0.1) is 36.2 Å². The molecule has 25 heavy (non-hydrogen) atoms. The summed E-state index contributed by atoms with van der Waals surface area (Å²) in [7, 11) is 3.29. The number of hydrogen-bond donors (Lipinski definition) is 0. The fourth-order valence-corrected chi connectivity index (χ4v) is 3.32. The number of methoxy groups -OCH3 is 2. The first kappa shape index (κ1) is 15.8. The Hall–Kier alpha value is -2.73. The van der Waals surface area contributed by atoms with Crippen LogP contribution in [0.4, 0.5) is 0 Å². The minimum Gasteiger partial charge on any atom is -0.497 e. The molecule has 0 amide bonds. The summed E-state index contributed by atoms with van der Waals surface area (Å²) >= 11 is 0. The van der Waals surface area contributed by atoms with Gasteiger partial charge in [0, 0.05) is 19.7 Å². The molecule has 2 heterocycles. The van der Waals surface area contributed by atoms with Gasteiger partial charge in [-0.3, -0.25) is 4.79 Å². The number of aromatic nitrogens is 3. The number of carbonyl (C=O) groups excluding carboxylic acids is 1. The molecule has 0 unspecified atom stereocenters. The Morgan fingerprint density at radius 1 is 1.16 bits per heavy atom. The summed E-state index contributed by atoms with van der Waals surface area (Å²) in [6.45, 7) is 0.378. The highest BCUT2D eigenvalue weighted by Gasteiger charge is 2.23. The maximum atomic E-state index is 12.2. The summed E-state index contributed by atoms with van der Waals surface area (Å²) < 4.78 is 12.3. The number of nitrogens with zero attached hydrogens (tertiary/aromatic N) is 3. The van der Waals surface area contributed by atoms with Gasteiger partial charge in [-0.15, -0.1) is 0 Å². The number of rotatable bonds is 4. The van der Waals surface area contributed by atoms with Gasteiger partial charge >= 0.3 is 0 Å². The predicted octanol–water partition coefficient (Wildman–Crippen LogP) is 3.07. The molecule has 0 aliphatic heterocycles.